The minimum atomic E-state index is 0. The molecule has 0 aliphatic carbocycles. The van der Waals surface area contributed by atoms with Gasteiger partial charge in [0.1, 0.15) is 6.26 Å². The predicted molar refractivity (Wildman–Crippen MR) is 130 cm³/mol. The number of halogens is 1. The molecule has 1 fully saturated rings. The highest BCUT2D eigenvalue weighted by atomic mass is 127. The van der Waals surface area contributed by atoms with E-state index in [1.807, 2.05) is 36.1 Å². The second-order valence-corrected chi connectivity index (χ2v) is 7.70. The summed E-state index contributed by atoms with van der Waals surface area (Å²) in [4.78, 5) is 23.1. The fraction of sp³-hybridized carbons (Fsp3) is 0.500. The highest BCUT2D eigenvalue weighted by Gasteiger charge is 2.20. The maximum Gasteiger partial charge on any atom is 0.226 e. The molecule has 1 atom stereocenters. The summed E-state index contributed by atoms with van der Waals surface area (Å²) in [6.45, 7) is 7.06. The number of oxazole rings is 1. The summed E-state index contributed by atoms with van der Waals surface area (Å²) in [6, 6.07) is 8.07. The van der Waals surface area contributed by atoms with Crippen LogP contribution in [0.4, 0.5) is 0 Å². The van der Waals surface area contributed by atoms with Crippen LogP contribution in [0.15, 0.2) is 39.9 Å². The first-order chi connectivity index (χ1) is 14.0. The minimum Gasteiger partial charge on any atom is -0.444 e. The molecule has 2 heterocycles. The number of likely N-dealkylation sites (tertiary alicyclic amines) is 1. The van der Waals surface area contributed by atoms with Crippen molar-refractivity contribution < 1.29 is 9.21 Å². The Bertz CT molecular complexity index is 834. The van der Waals surface area contributed by atoms with E-state index in [1.54, 1.807) is 13.3 Å². The van der Waals surface area contributed by atoms with E-state index in [0.29, 0.717) is 37.3 Å². The topological polar surface area (TPSA) is 82.8 Å². The summed E-state index contributed by atoms with van der Waals surface area (Å²) in [5, 5.41) is 6.41. The van der Waals surface area contributed by atoms with Gasteiger partial charge in [-0.25, -0.2) is 4.98 Å². The van der Waals surface area contributed by atoms with Gasteiger partial charge in [-0.2, -0.15) is 0 Å². The molecule has 2 aromatic rings. The highest BCUT2D eigenvalue weighted by molar-refractivity contribution is 14.0. The molecule has 8 heteroatoms. The van der Waals surface area contributed by atoms with Crippen molar-refractivity contribution in [3.8, 4) is 11.5 Å². The molecule has 3 rings (SSSR count). The number of carbonyl (C=O) groups excluding carboxylic acids is 1. The largest absolute Gasteiger partial charge is 0.444 e. The van der Waals surface area contributed by atoms with Gasteiger partial charge in [0, 0.05) is 38.7 Å². The van der Waals surface area contributed by atoms with Gasteiger partial charge in [-0.1, -0.05) is 24.6 Å². The molecule has 1 amide bonds. The Labute approximate surface area is 195 Å². The molecule has 1 unspecified atom stereocenters. The Hall–Kier alpha value is -2.10. The summed E-state index contributed by atoms with van der Waals surface area (Å²) in [5.41, 5.74) is 2.95. The zero-order valence-electron chi connectivity index (χ0n) is 18.0. The molecule has 1 saturated heterocycles. The number of hydrogen-bond donors (Lipinski definition) is 2. The van der Waals surface area contributed by atoms with Crippen LogP contribution in [0.2, 0.25) is 0 Å². The Morgan fingerprint density at radius 3 is 2.77 bits per heavy atom. The van der Waals surface area contributed by atoms with E-state index in [-0.39, 0.29) is 29.9 Å². The van der Waals surface area contributed by atoms with Gasteiger partial charge in [-0.15, -0.1) is 24.0 Å². The molecule has 1 aliphatic heterocycles. The molecule has 7 nitrogen and oxygen atoms in total. The van der Waals surface area contributed by atoms with E-state index in [9.17, 15) is 4.79 Å². The maximum atomic E-state index is 12.4. The number of nitrogens with one attached hydrogen (secondary N) is 2. The van der Waals surface area contributed by atoms with Crippen LogP contribution in [0, 0.1) is 12.8 Å². The van der Waals surface area contributed by atoms with Gasteiger partial charge in [0.2, 0.25) is 11.8 Å². The first-order valence-corrected chi connectivity index (χ1v) is 10.3. The molecule has 1 aliphatic rings. The fourth-order valence-corrected chi connectivity index (χ4v) is 3.47. The molecule has 30 heavy (non-hydrogen) atoms. The van der Waals surface area contributed by atoms with Crippen molar-refractivity contribution in [2.75, 3.05) is 26.7 Å². The standard InChI is InChI=1S/C22H31N5O2.HI/c1-16-6-8-18(9-7-16)21-26-19(15-29-21)13-25-22(23-3)24-11-10-20(28)27-12-4-5-17(2)14-27;/h6-9,15,17H,4-5,10-14H2,1-3H3,(H2,23,24,25);1H. The van der Waals surface area contributed by atoms with E-state index in [1.165, 1.54) is 12.0 Å². The van der Waals surface area contributed by atoms with Crippen molar-refractivity contribution in [1.29, 1.82) is 0 Å². The van der Waals surface area contributed by atoms with Crippen LogP contribution >= 0.6 is 24.0 Å². The van der Waals surface area contributed by atoms with Gasteiger partial charge in [0.05, 0.1) is 12.2 Å². The summed E-state index contributed by atoms with van der Waals surface area (Å²) in [7, 11) is 1.71. The normalized spacial score (nSPS) is 16.7. The molecule has 2 N–H and O–H groups in total. The van der Waals surface area contributed by atoms with Crippen molar-refractivity contribution in [1.82, 2.24) is 20.5 Å². The lowest BCUT2D eigenvalue weighted by molar-refractivity contribution is -0.132. The van der Waals surface area contributed by atoms with Crippen molar-refractivity contribution in [2.45, 2.75) is 39.7 Å². The smallest absolute Gasteiger partial charge is 0.226 e. The molecule has 1 aromatic carbocycles. The Morgan fingerprint density at radius 2 is 2.07 bits per heavy atom. The minimum absolute atomic E-state index is 0. The van der Waals surface area contributed by atoms with Crippen LogP contribution in [-0.2, 0) is 11.3 Å². The number of hydrogen-bond acceptors (Lipinski definition) is 4. The number of piperidine rings is 1. The molecule has 0 radical (unpaired) electrons. The number of carbonyl (C=O) groups is 1. The first-order valence-electron chi connectivity index (χ1n) is 10.3. The van der Waals surface area contributed by atoms with Gasteiger partial charge >= 0.3 is 0 Å². The Balaban J connectivity index is 0.00000320. The number of rotatable bonds is 6. The van der Waals surface area contributed by atoms with Gasteiger partial charge in [-0.05, 0) is 37.8 Å². The second-order valence-electron chi connectivity index (χ2n) is 7.70. The second kappa shape index (κ2) is 11.9. The highest BCUT2D eigenvalue weighted by Crippen LogP contribution is 2.19. The van der Waals surface area contributed by atoms with Crippen molar-refractivity contribution in [3.63, 3.8) is 0 Å². The molecular formula is C22H32IN5O2. The van der Waals surface area contributed by atoms with Crippen molar-refractivity contribution in [3.05, 3.63) is 41.8 Å². The molecule has 164 valence electrons. The number of aliphatic imine (C=N–C) groups is 1. The van der Waals surface area contributed by atoms with Crippen LogP contribution in [0.3, 0.4) is 0 Å². The van der Waals surface area contributed by atoms with Crippen LogP contribution in [0.1, 0.15) is 37.4 Å². The number of aryl methyl sites for hydroxylation is 1. The number of benzene rings is 1. The van der Waals surface area contributed by atoms with Gasteiger partial charge in [0.25, 0.3) is 0 Å². The lowest BCUT2D eigenvalue weighted by Crippen LogP contribution is -2.42. The molecule has 0 bridgehead atoms. The van der Waals surface area contributed by atoms with Crippen LogP contribution in [0.5, 0.6) is 0 Å². The average Bonchev–Trinajstić information content (AvgIpc) is 3.20. The van der Waals surface area contributed by atoms with Crippen LogP contribution in [-0.4, -0.2) is 48.4 Å². The summed E-state index contributed by atoms with van der Waals surface area (Å²) in [5.74, 6) is 2.05. The third kappa shape index (κ3) is 7.00. The molecule has 0 spiro atoms. The third-order valence-corrected chi connectivity index (χ3v) is 5.15. The van der Waals surface area contributed by atoms with E-state index in [0.717, 1.165) is 30.8 Å². The Kier molecular flexibility index (Phi) is 9.61. The van der Waals surface area contributed by atoms with Crippen molar-refractivity contribution >= 4 is 35.8 Å². The summed E-state index contributed by atoms with van der Waals surface area (Å²) < 4.78 is 5.58. The zero-order chi connectivity index (χ0) is 20.6. The maximum absolute atomic E-state index is 12.4. The Morgan fingerprint density at radius 1 is 1.30 bits per heavy atom. The monoisotopic (exact) mass is 525 g/mol. The van der Waals surface area contributed by atoms with Crippen LogP contribution in [0.25, 0.3) is 11.5 Å². The number of nitrogens with zero attached hydrogens (tertiary/aromatic N) is 3. The number of amides is 1. The molecular weight excluding hydrogens is 493 g/mol. The van der Waals surface area contributed by atoms with Crippen molar-refractivity contribution in [2.24, 2.45) is 10.9 Å². The number of guanidine groups is 1. The zero-order valence-corrected chi connectivity index (χ0v) is 20.3. The molecule has 0 saturated carbocycles. The van der Waals surface area contributed by atoms with Crippen LogP contribution < -0.4 is 10.6 Å². The predicted octanol–water partition coefficient (Wildman–Crippen LogP) is 3.58. The van der Waals surface area contributed by atoms with E-state index >= 15 is 0 Å². The summed E-state index contributed by atoms with van der Waals surface area (Å²) in [6.07, 6.45) is 4.43. The van der Waals surface area contributed by atoms with Gasteiger partial charge in [-0.3, -0.25) is 9.79 Å². The third-order valence-electron chi connectivity index (χ3n) is 5.15. The number of aromatic nitrogens is 1. The lowest BCUT2D eigenvalue weighted by Gasteiger charge is -2.31. The van der Waals surface area contributed by atoms with E-state index in [2.05, 4.69) is 27.5 Å². The molecule has 1 aromatic heterocycles. The fourth-order valence-electron chi connectivity index (χ4n) is 3.47. The lowest BCUT2D eigenvalue weighted by atomic mass is 10.00. The average molecular weight is 525 g/mol. The van der Waals surface area contributed by atoms with E-state index in [4.69, 9.17) is 4.42 Å². The van der Waals surface area contributed by atoms with Gasteiger partial charge < -0.3 is 20.0 Å². The summed E-state index contributed by atoms with van der Waals surface area (Å²) >= 11 is 0. The SMILES string of the molecule is CN=C(NCCC(=O)N1CCCC(C)C1)NCc1coc(-c2ccc(C)cc2)n1.I. The van der Waals surface area contributed by atoms with Gasteiger partial charge in [0.15, 0.2) is 5.96 Å². The first kappa shape index (κ1) is 24.2. The van der Waals surface area contributed by atoms with E-state index < -0.39 is 0 Å². The quantitative estimate of drug-likeness (QED) is 0.343.